The van der Waals surface area contributed by atoms with Crippen LogP contribution in [0.2, 0.25) is 0 Å². The van der Waals surface area contributed by atoms with Crippen molar-refractivity contribution in [2.75, 3.05) is 20.2 Å². The summed E-state index contributed by atoms with van der Waals surface area (Å²) in [5.74, 6) is 0.460. The first-order valence-electron chi connectivity index (χ1n) is 6.03. The van der Waals surface area contributed by atoms with Crippen molar-refractivity contribution in [3.8, 4) is 5.75 Å². The Bertz CT molecular complexity index is 437. The summed E-state index contributed by atoms with van der Waals surface area (Å²) in [6.45, 7) is 1.04. The number of nitrogens with one attached hydrogen (secondary N) is 1. The van der Waals surface area contributed by atoms with E-state index in [2.05, 4.69) is 5.32 Å². The first-order chi connectivity index (χ1) is 9.25. The standard InChI is InChI=1S/C13H18F3NO3/c1-8-3-4-11(20-2)9(5-8)10(18)6-17-7-12(19)13(14,15)16/h3-5,10,12,17-19H,6-7H2,1-2H3. The lowest BCUT2D eigenvalue weighted by Gasteiger charge is -2.18. The molecule has 0 aliphatic rings. The third-order valence-corrected chi connectivity index (χ3v) is 2.80. The Morgan fingerprint density at radius 1 is 1.25 bits per heavy atom. The number of alkyl halides is 3. The van der Waals surface area contributed by atoms with Crippen molar-refractivity contribution >= 4 is 0 Å². The highest BCUT2D eigenvalue weighted by Crippen LogP contribution is 2.26. The Kier molecular flexibility index (Phi) is 5.79. The van der Waals surface area contributed by atoms with Crippen LogP contribution in [-0.4, -0.2) is 42.7 Å². The van der Waals surface area contributed by atoms with Crippen molar-refractivity contribution < 1.29 is 28.1 Å². The predicted molar refractivity (Wildman–Crippen MR) is 67.6 cm³/mol. The van der Waals surface area contributed by atoms with Crippen molar-refractivity contribution in [2.45, 2.75) is 25.3 Å². The largest absolute Gasteiger partial charge is 0.496 e. The number of hydrogen-bond donors (Lipinski definition) is 3. The van der Waals surface area contributed by atoms with Gasteiger partial charge in [-0.15, -0.1) is 0 Å². The highest BCUT2D eigenvalue weighted by Gasteiger charge is 2.37. The fraction of sp³-hybridized carbons (Fsp3) is 0.538. The maximum atomic E-state index is 12.1. The number of aryl methyl sites for hydroxylation is 1. The highest BCUT2D eigenvalue weighted by molar-refractivity contribution is 5.38. The molecule has 0 bridgehead atoms. The smallest absolute Gasteiger partial charge is 0.415 e. The van der Waals surface area contributed by atoms with E-state index in [0.717, 1.165) is 5.56 Å². The van der Waals surface area contributed by atoms with Crippen LogP contribution in [0.1, 0.15) is 17.2 Å². The van der Waals surface area contributed by atoms with Crippen molar-refractivity contribution in [3.05, 3.63) is 29.3 Å². The average molecular weight is 293 g/mol. The van der Waals surface area contributed by atoms with Gasteiger partial charge in [-0.05, 0) is 19.1 Å². The van der Waals surface area contributed by atoms with Crippen LogP contribution in [0.5, 0.6) is 5.75 Å². The number of hydrogen-bond acceptors (Lipinski definition) is 4. The van der Waals surface area contributed by atoms with Gasteiger partial charge in [-0.2, -0.15) is 13.2 Å². The fourth-order valence-electron chi connectivity index (χ4n) is 1.70. The van der Waals surface area contributed by atoms with Crippen LogP contribution in [0, 0.1) is 6.92 Å². The molecule has 114 valence electrons. The van der Waals surface area contributed by atoms with Crippen LogP contribution in [0.3, 0.4) is 0 Å². The molecule has 1 rings (SSSR count). The van der Waals surface area contributed by atoms with Gasteiger partial charge in [-0.25, -0.2) is 0 Å². The minimum Gasteiger partial charge on any atom is -0.496 e. The summed E-state index contributed by atoms with van der Waals surface area (Å²) in [4.78, 5) is 0. The minimum atomic E-state index is -4.67. The molecule has 4 nitrogen and oxygen atoms in total. The van der Waals surface area contributed by atoms with E-state index < -0.39 is 24.9 Å². The quantitative estimate of drug-likeness (QED) is 0.745. The molecule has 20 heavy (non-hydrogen) atoms. The predicted octanol–water partition coefficient (Wildman–Crippen LogP) is 1.55. The SMILES string of the molecule is COc1ccc(C)cc1C(O)CNCC(O)C(F)(F)F. The highest BCUT2D eigenvalue weighted by atomic mass is 19.4. The van der Waals surface area contributed by atoms with Crippen LogP contribution < -0.4 is 10.1 Å². The van der Waals surface area contributed by atoms with Gasteiger partial charge in [0.25, 0.3) is 0 Å². The monoisotopic (exact) mass is 293 g/mol. The van der Waals surface area contributed by atoms with Gasteiger partial charge < -0.3 is 20.3 Å². The number of ether oxygens (including phenoxy) is 1. The molecule has 0 saturated carbocycles. The van der Waals surface area contributed by atoms with Gasteiger partial charge in [0.1, 0.15) is 5.75 Å². The topological polar surface area (TPSA) is 61.7 Å². The number of aliphatic hydroxyl groups excluding tert-OH is 2. The van der Waals surface area contributed by atoms with E-state index in [1.54, 1.807) is 18.2 Å². The molecule has 2 atom stereocenters. The number of aliphatic hydroxyl groups is 2. The molecule has 0 spiro atoms. The molecule has 0 aliphatic heterocycles. The van der Waals surface area contributed by atoms with Gasteiger partial charge in [0, 0.05) is 18.7 Å². The van der Waals surface area contributed by atoms with Gasteiger partial charge in [0.15, 0.2) is 6.10 Å². The fourth-order valence-corrected chi connectivity index (χ4v) is 1.70. The van der Waals surface area contributed by atoms with E-state index in [1.807, 2.05) is 6.92 Å². The summed E-state index contributed by atoms with van der Waals surface area (Å²) in [7, 11) is 1.45. The molecule has 0 aromatic heterocycles. The van der Waals surface area contributed by atoms with Crippen molar-refractivity contribution in [2.24, 2.45) is 0 Å². The second-order valence-electron chi connectivity index (χ2n) is 4.48. The minimum absolute atomic E-state index is 0.118. The third-order valence-electron chi connectivity index (χ3n) is 2.80. The molecule has 0 amide bonds. The first kappa shape index (κ1) is 16.7. The van der Waals surface area contributed by atoms with Crippen molar-refractivity contribution in [3.63, 3.8) is 0 Å². The summed E-state index contributed by atoms with van der Waals surface area (Å²) >= 11 is 0. The van der Waals surface area contributed by atoms with Crippen LogP contribution in [-0.2, 0) is 0 Å². The maximum Gasteiger partial charge on any atom is 0.415 e. The molecule has 3 N–H and O–H groups in total. The lowest BCUT2D eigenvalue weighted by Crippen LogP contribution is -2.39. The van der Waals surface area contributed by atoms with E-state index in [4.69, 9.17) is 9.84 Å². The lowest BCUT2D eigenvalue weighted by molar-refractivity contribution is -0.202. The maximum absolute atomic E-state index is 12.1. The van der Waals surface area contributed by atoms with Gasteiger partial charge >= 0.3 is 6.18 Å². The van der Waals surface area contributed by atoms with Crippen LogP contribution in [0.4, 0.5) is 13.2 Å². The molecule has 0 heterocycles. The first-order valence-corrected chi connectivity index (χ1v) is 6.03. The second kappa shape index (κ2) is 6.92. The van der Waals surface area contributed by atoms with Gasteiger partial charge in [0.05, 0.1) is 13.2 Å². The average Bonchev–Trinajstić information content (AvgIpc) is 2.37. The molecule has 7 heteroatoms. The van der Waals surface area contributed by atoms with E-state index in [0.29, 0.717) is 11.3 Å². The van der Waals surface area contributed by atoms with Gasteiger partial charge in [-0.3, -0.25) is 0 Å². The Morgan fingerprint density at radius 2 is 1.90 bits per heavy atom. The van der Waals surface area contributed by atoms with Crippen molar-refractivity contribution in [1.29, 1.82) is 0 Å². The van der Waals surface area contributed by atoms with Gasteiger partial charge in [0.2, 0.25) is 0 Å². The molecular weight excluding hydrogens is 275 g/mol. The third kappa shape index (κ3) is 4.66. The molecule has 1 aromatic rings. The van der Waals surface area contributed by atoms with Crippen LogP contribution >= 0.6 is 0 Å². The summed E-state index contributed by atoms with van der Waals surface area (Å²) < 4.78 is 41.4. The Labute approximate surface area is 115 Å². The number of benzene rings is 1. The molecule has 0 aliphatic carbocycles. The van der Waals surface area contributed by atoms with E-state index in [-0.39, 0.29) is 6.54 Å². The Balaban J connectivity index is 2.59. The molecule has 2 unspecified atom stereocenters. The van der Waals surface area contributed by atoms with E-state index in [1.165, 1.54) is 7.11 Å². The van der Waals surface area contributed by atoms with Gasteiger partial charge in [-0.1, -0.05) is 11.6 Å². The zero-order valence-corrected chi connectivity index (χ0v) is 11.2. The van der Waals surface area contributed by atoms with E-state index in [9.17, 15) is 18.3 Å². The Morgan fingerprint density at radius 3 is 2.45 bits per heavy atom. The zero-order valence-electron chi connectivity index (χ0n) is 11.2. The summed E-state index contributed by atoms with van der Waals surface area (Å²) in [5, 5.41) is 21.2. The molecular formula is C13H18F3NO3. The molecule has 0 fully saturated rings. The summed E-state index contributed by atoms with van der Waals surface area (Å²) in [6, 6.07) is 5.18. The number of rotatable bonds is 6. The zero-order chi connectivity index (χ0) is 15.3. The molecule has 0 radical (unpaired) electrons. The van der Waals surface area contributed by atoms with Crippen LogP contribution in [0.15, 0.2) is 18.2 Å². The molecule has 0 saturated heterocycles. The van der Waals surface area contributed by atoms with E-state index >= 15 is 0 Å². The second-order valence-corrected chi connectivity index (χ2v) is 4.48. The molecule has 1 aromatic carbocycles. The number of methoxy groups -OCH3 is 1. The van der Waals surface area contributed by atoms with Crippen molar-refractivity contribution in [1.82, 2.24) is 5.32 Å². The lowest BCUT2D eigenvalue weighted by atomic mass is 10.1. The Hall–Kier alpha value is -1.31. The van der Waals surface area contributed by atoms with Crippen LogP contribution in [0.25, 0.3) is 0 Å². The number of halogens is 3. The summed E-state index contributed by atoms with van der Waals surface area (Å²) in [6.07, 6.45) is -8.14. The summed E-state index contributed by atoms with van der Waals surface area (Å²) in [5.41, 5.74) is 1.39. The normalized spacial score (nSPS) is 14.9.